The Balaban J connectivity index is 1.59. The van der Waals surface area contributed by atoms with Gasteiger partial charge >= 0.3 is 0 Å². The van der Waals surface area contributed by atoms with E-state index in [0.717, 1.165) is 18.4 Å². The zero-order valence-corrected chi connectivity index (χ0v) is 22.6. The van der Waals surface area contributed by atoms with Crippen molar-refractivity contribution >= 4 is 63.3 Å². The van der Waals surface area contributed by atoms with E-state index < -0.39 is 0 Å². The Kier molecular flexibility index (Phi) is 9.18. The van der Waals surface area contributed by atoms with Crippen LogP contribution in [-0.2, 0) is 11.3 Å². The Morgan fingerprint density at radius 3 is 2.61 bits per heavy atom. The van der Waals surface area contributed by atoms with Crippen LogP contribution < -0.4 is 10.9 Å². The fourth-order valence-corrected chi connectivity index (χ4v) is 5.48. The van der Waals surface area contributed by atoms with Crippen LogP contribution in [0, 0.1) is 0 Å². The third-order valence-electron chi connectivity index (χ3n) is 6.03. The summed E-state index contributed by atoms with van der Waals surface area (Å²) in [6.07, 6.45) is 10.3. The van der Waals surface area contributed by atoms with E-state index in [-0.39, 0.29) is 18.0 Å². The van der Waals surface area contributed by atoms with Gasteiger partial charge in [-0.25, -0.2) is 4.98 Å². The molecule has 36 heavy (non-hydrogen) atoms. The van der Waals surface area contributed by atoms with Gasteiger partial charge in [-0.3, -0.25) is 18.9 Å². The Hall–Kier alpha value is -2.68. The maximum absolute atomic E-state index is 13.4. The number of hydrogen-bond donors (Lipinski definition) is 1. The van der Waals surface area contributed by atoms with Crippen molar-refractivity contribution in [2.24, 2.45) is 0 Å². The number of amides is 1. The molecule has 1 fully saturated rings. The van der Waals surface area contributed by atoms with Gasteiger partial charge in [0.15, 0.2) is 0 Å². The predicted octanol–water partition coefficient (Wildman–Crippen LogP) is 6.52. The summed E-state index contributed by atoms with van der Waals surface area (Å²) in [4.78, 5) is 33.3. The Morgan fingerprint density at radius 2 is 1.81 bits per heavy atom. The van der Waals surface area contributed by atoms with Gasteiger partial charge in [0.05, 0.1) is 17.0 Å². The number of carbonyl (C=O) groups excluding carboxylic acids is 1. The van der Waals surface area contributed by atoms with Gasteiger partial charge in [0.25, 0.3) is 11.5 Å². The van der Waals surface area contributed by atoms with Gasteiger partial charge in [0, 0.05) is 17.8 Å². The molecule has 3 aromatic rings. The lowest BCUT2D eigenvalue weighted by atomic mass is 10.1. The summed E-state index contributed by atoms with van der Waals surface area (Å²) in [5.41, 5.74) is 1.48. The van der Waals surface area contributed by atoms with Gasteiger partial charge in [0.1, 0.15) is 15.8 Å². The quantitative estimate of drug-likeness (QED) is 0.170. The minimum atomic E-state index is -0.246. The van der Waals surface area contributed by atoms with Crippen molar-refractivity contribution in [1.82, 2.24) is 14.3 Å². The van der Waals surface area contributed by atoms with E-state index >= 15 is 0 Å². The van der Waals surface area contributed by atoms with Gasteiger partial charge in [-0.2, -0.15) is 0 Å². The number of pyridine rings is 1. The molecule has 1 aliphatic heterocycles. The average Bonchev–Trinajstić information content (AvgIpc) is 3.14. The van der Waals surface area contributed by atoms with Crippen LogP contribution >= 0.6 is 35.6 Å². The molecule has 3 heterocycles. The summed E-state index contributed by atoms with van der Waals surface area (Å²) in [5, 5.41) is 3.92. The average molecular weight is 541 g/mol. The van der Waals surface area contributed by atoms with E-state index in [1.54, 1.807) is 30.5 Å². The van der Waals surface area contributed by atoms with Crippen molar-refractivity contribution in [3.05, 3.63) is 80.1 Å². The molecule has 9 heteroatoms. The highest BCUT2D eigenvalue weighted by molar-refractivity contribution is 8.26. The van der Waals surface area contributed by atoms with E-state index in [0.29, 0.717) is 37.8 Å². The first-order chi connectivity index (χ1) is 17.5. The molecule has 1 N–H and O–H groups in total. The summed E-state index contributed by atoms with van der Waals surface area (Å²) >= 11 is 13.0. The van der Waals surface area contributed by atoms with Gasteiger partial charge in [-0.15, -0.1) is 0 Å². The molecule has 0 spiro atoms. The highest BCUT2D eigenvalue weighted by atomic mass is 35.5. The monoisotopic (exact) mass is 540 g/mol. The Morgan fingerprint density at radius 1 is 1.06 bits per heavy atom. The Labute approximate surface area is 225 Å². The zero-order valence-electron chi connectivity index (χ0n) is 20.2. The number of rotatable bonds is 11. The van der Waals surface area contributed by atoms with Crippen molar-refractivity contribution in [3.8, 4) is 0 Å². The van der Waals surface area contributed by atoms with Crippen LogP contribution in [0.3, 0.4) is 0 Å². The number of aromatic nitrogens is 2. The molecule has 6 nitrogen and oxygen atoms in total. The van der Waals surface area contributed by atoms with Crippen molar-refractivity contribution in [2.75, 3.05) is 11.9 Å². The van der Waals surface area contributed by atoms with Crippen LogP contribution in [0.1, 0.15) is 56.6 Å². The number of halogens is 1. The fraction of sp³-hybridized carbons (Fsp3) is 0.333. The predicted molar refractivity (Wildman–Crippen MR) is 153 cm³/mol. The normalized spacial score (nSPS) is 14.8. The summed E-state index contributed by atoms with van der Waals surface area (Å²) in [7, 11) is 0. The summed E-state index contributed by atoms with van der Waals surface area (Å²) in [5.74, 6) is 0.237. The minimum Gasteiger partial charge on any atom is -0.369 e. The second kappa shape index (κ2) is 12.5. The zero-order chi connectivity index (χ0) is 25.5. The second-order valence-electron chi connectivity index (χ2n) is 8.66. The number of fused-ring (bicyclic) bond motifs is 1. The number of benzene rings is 1. The highest BCUT2D eigenvalue weighted by Gasteiger charge is 2.33. The molecule has 2 aromatic heterocycles. The van der Waals surface area contributed by atoms with E-state index in [2.05, 4.69) is 12.2 Å². The minimum absolute atomic E-state index is 0.234. The topological polar surface area (TPSA) is 66.7 Å². The molecular weight excluding hydrogens is 512 g/mol. The third-order valence-corrected chi connectivity index (χ3v) is 7.77. The molecule has 4 rings (SSSR count). The maximum atomic E-state index is 13.4. The number of unbranched alkanes of at least 4 members (excludes halogenated alkanes) is 5. The Bertz CT molecular complexity index is 1360. The summed E-state index contributed by atoms with van der Waals surface area (Å²) in [6.45, 7) is 3.19. The molecule has 1 amide bonds. The number of thiocarbonyl (C=S) groups is 1. The summed E-state index contributed by atoms with van der Waals surface area (Å²) < 4.78 is 1.92. The molecule has 0 radical (unpaired) electrons. The molecular formula is C27H29ClN4O2S2. The molecule has 0 atom stereocenters. The van der Waals surface area contributed by atoms with Crippen LogP contribution in [0.2, 0.25) is 5.02 Å². The molecule has 1 saturated heterocycles. The van der Waals surface area contributed by atoms with Crippen LogP contribution in [0.4, 0.5) is 5.82 Å². The lowest BCUT2D eigenvalue weighted by molar-refractivity contribution is -0.122. The standard InChI is InChI=1S/C27H29ClN4O2S2/c1-2-3-4-5-6-10-15-29-24-20(25(33)31-16-11-9-14-23(31)30-24)17-22-26(34)32(27(35)36-22)18-19-12-7-8-13-21(19)28/h7-9,11-14,16-17,29H,2-6,10,15,18H2,1H3. The van der Waals surface area contributed by atoms with Crippen molar-refractivity contribution in [1.29, 1.82) is 0 Å². The first-order valence-corrected chi connectivity index (χ1v) is 13.8. The van der Waals surface area contributed by atoms with Crippen LogP contribution in [0.15, 0.2) is 58.4 Å². The van der Waals surface area contributed by atoms with E-state index in [1.165, 1.54) is 46.7 Å². The number of anilines is 1. The summed E-state index contributed by atoms with van der Waals surface area (Å²) in [6, 6.07) is 12.8. The van der Waals surface area contributed by atoms with Crippen molar-refractivity contribution in [2.45, 2.75) is 52.0 Å². The van der Waals surface area contributed by atoms with Gasteiger partial charge in [0.2, 0.25) is 0 Å². The first-order valence-electron chi connectivity index (χ1n) is 12.2. The van der Waals surface area contributed by atoms with Crippen LogP contribution in [0.25, 0.3) is 11.7 Å². The lowest BCUT2D eigenvalue weighted by Crippen LogP contribution is -2.27. The molecule has 0 saturated carbocycles. The molecule has 0 aliphatic carbocycles. The number of nitrogens with zero attached hydrogens (tertiary/aromatic N) is 3. The second-order valence-corrected chi connectivity index (χ2v) is 10.7. The number of thioether (sulfide) groups is 1. The number of nitrogens with one attached hydrogen (secondary N) is 1. The van der Waals surface area contributed by atoms with Crippen molar-refractivity contribution in [3.63, 3.8) is 0 Å². The molecule has 0 bridgehead atoms. The fourth-order valence-electron chi connectivity index (χ4n) is 4.04. The molecule has 0 unspecified atom stereocenters. The number of carbonyl (C=O) groups is 1. The molecule has 1 aromatic carbocycles. The van der Waals surface area contributed by atoms with E-state index in [1.807, 2.05) is 24.3 Å². The largest absolute Gasteiger partial charge is 0.369 e. The smallest absolute Gasteiger partial charge is 0.267 e. The maximum Gasteiger partial charge on any atom is 0.267 e. The SMILES string of the molecule is CCCCCCCCNc1nc2ccccn2c(=O)c1C=C1SC(=S)N(Cc2ccccc2Cl)C1=O. The lowest BCUT2D eigenvalue weighted by Gasteiger charge is -2.15. The van der Waals surface area contributed by atoms with E-state index in [9.17, 15) is 9.59 Å². The van der Waals surface area contributed by atoms with Gasteiger partial charge in [-0.1, -0.05) is 98.9 Å². The molecule has 1 aliphatic rings. The highest BCUT2D eigenvalue weighted by Crippen LogP contribution is 2.34. The van der Waals surface area contributed by atoms with Crippen LogP contribution in [-0.4, -0.2) is 31.1 Å². The van der Waals surface area contributed by atoms with E-state index in [4.69, 9.17) is 28.8 Å². The van der Waals surface area contributed by atoms with Crippen molar-refractivity contribution < 1.29 is 4.79 Å². The first kappa shape index (κ1) is 26.4. The van der Waals surface area contributed by atoms with Crippen LogP contribution in [0.5, 0.6) is 0 Å². The van der Waals surface area contributed by atoms with Gasteiger partial charge < -0.3 is 5.32 Å². The van der Waals surface area contributed by atoms with Gasteiger partial charge in [-0.05, 0) is 36.3 Å². The third kappa shape index (κ3) is 6.17. The molecule has 188 valence electrons. The number of hydrogen-bond acceptors (Lipinski definition) is 6.